The summed E-state index contributed by atoms with van der Waals surface area (Å²) in [6, 6.07) is 8.79. The van der Waals surface area contributed by atoms with E-state index in [-0.39, 0.29) is 0 Å². The molecule has 0 radical (unpaired) electrons. The first-order valence-corrected chi connectivity index (χ1v) is 10.0. The number of nitrogens with one attached hydrogen (secondary N) is 2. The highest BCUT2D eigenvalue weighted by Crippen LogP contribution is 2.36. The van der Waals surface area contributed by atoms with Crippen molar-refractivity contribution in [3.05, 3.63) is 48.3 Å². The molecule has 150 valence electrons. The zero-order valence-corrected chi connectivity index (χ0v) is 16.0. The van der Waals surface area contributed by atoms with Gasteiger partial charge in [0, 0.05) is 25.5 Å². The van der Waals surface area contributed by atoms with E-state index in [0.717, 1.165) is 0 Å². The van der Waals surface area contributed by atoms with Crippen LogP contribution in [0.5, 0.6) is 5.75 Å². The minimum absolute atomic E-state index is 0.388. The van der Waals surface area contributed by atoms with E-state index in [9.17, 15) is 13.2 Å². The molecule has 0 aliphatic carbocycles. The number of amides is 1. The Balaban J connectivity index is 1.91. The Labute approximate surface area is 162 Å². The van der Waals surface area contributed by atoms with Crippen LogP contribution in [0.25, 0.3) is 0 Å². The van der Waals surface area contributed by atoms with Gasteiger partial charge in [0.1, 0.15) is 5.75 Å². The smallest absolute Gasteiger partial charge is 0.419 e. The van der Waals surface area contributed by atoms with Crippen molar-refractivity contribution in [2.75, 3.05) is 25.1 Å². The largest absolute Gasteiger partial charge is 0.497 e. The topological polar surface area (TPSA) is 134 Å². The van der Waals surface area contributed by atoms with Gasteiger partial charge in [-0.3, -0.25) is 0 Å². The second-order valence-electron chi connectivity index (χ2n) is 6.36. The molecule has 1 amide bonds. The number of hydrogen-bond donors (Lipinski definition) is 3. The summed E-state index contributed by atoms with van der Waals surface area (Å²) in [7, 11) is -2.75. The first kappa shape index (κ1) is 19.8. The van der Waals surface area contributed by atoms with Crippen LogP contribution in [0.1, 0.15) is 18.4 Å². The van der Waals surface area contributed by atoms with E-state index in [4.69, 9.17) is 9.84 Å². The van der Waals surface area contributed by atoms with Crippen molar-refractivity contribution in [1.29, 1.82) is 0 Å². The molecule has 1 aliphatic heterocycles. The number of ether oxygens (including phenoxy) is 1. The standard InChI is InChI=1S/C17H21N5O5S/c1-27-14-5-2-4-13(12-14)17(21-28(25,26)20-16(23)24)6-10-22(11-7-17)15-18-8-3-9-19-15/h2-5,8-9,12,20-21H,6-7,10-11H2,1H3,(H,23,24). The molecule has 0 saturated carbocycles. The highest BCUT2D eigenvalue weighted by molar-refractivity contribution is 7.88. The van der Waals surface area contributed by atoms with Gasteiger partial charge >= 0.3 is 16.3 Å². The fraction of sp³-hybridized carbons (Fsp3) is 0.353. The van der Waals surface area contributed by atoms with Crippen LogP contribution in [-0.2, 0) is 15.7 Å². The summed E-state index contributed by atoms with van der Waals surface area (Å²) in [5.41, 5.74) is -0.308. The van der Waals surface area contributed by atoms with Gasteiger partial charge in [-0.2, -0.15) is 13.1 Å². The molecule has 1 aliphatic rings. The number of nitrogens with zero attached hydrogens (tertiary/aromatic N) is 3. The van der Waals surface area contributed by atoms with Gasteiger partial charge in [-0.25, -0.2) is 19.5 Å². The maximum Gasteiger partial charge on any atom is 0.419 e. The van der Waals surface area contributed by atoms with E-state index in [1.165, 1.54) is 7.11 Å². The molecule has 1 fully saturated rings. The average Bonchev–Trinajstić information content (AvgIpc) is 2.68. The Morgan fingerprint density at radius 3 is 2.50 bits per heavy atom. The number of benzene rings is 1. The van der Waals surface area contributed by atoms with Crippen molar-refractivity contribution in [3.63, 3.8) is 0 Å². The van der Waals surface area contributed by atoms with E-state index in [1.54, 1.807) is 47.4 Å². The predicted octanol–water partition coefficient (Wildman–Crippen LogP) is 1.08. The lowest BCUT2D eigenvalue weighted by Crippen LogP contribution is -2.56. The fourth-order valence-electron chi connectivity index (χ4n) is 3.31. The maximum absolute atomic E-state index is 12.3. The fourth-order valence-corrected chi connectivity index (χ4v) is 4.43. The molecule has 3 rings (SSSR count). The number of aromatic nitrogens is 2. The Morgan fingerprint density at radius 1 is 1.21 bits per heavy atom. The molecule has 0 unspecified atom stereocenters. The Bertz CT molecular complexity index is 930. The molecule has 10 nitrogen and oxygen atoms in total. The van der Waals surface area contributed by atoms with E-state index in [2.05, 4.69) is 14.7 Å². The molecule has 0 bridgehead atoms. The molecule has 1 aromatic heterocycles. The third kappa shape index (κ3) is 4.49. The number of piperidine rings is 1. The highest BCUT2D eigenvalue weighted by atomic mass is 32.2. The summed E-state index contributed by atoms with van der Waals surface area (Å²) in [6.07, 6.45) is 2.42. The molecule has 1 aromatic carbocycles. The van der Waals surface area contributed by atoms with Crippen LogP contribution in [0.2, 0.25) is 0 Å². The first-order valence-electron chi connectivity index (χ1n) is 8.55. The van der Waals surface area contributed by atoms with Crippen LogP contribution in [0.15, 0.2) is 42.7 Å². The van der Waals surface area contributed by atoms with Crippen LogP contribution in [-0.4, -0.2) is 49.8 Å². The quantitative estimate of drug-likeness (QED) is 0.648. The zero-order chi connectivity index (χ0) is 20.2. The van der Waals surface area contributed by atoms with Crippen LogP contribution in [0.4, 0.5) is 10.7 Å². The summed E-state index contributed by atoms with van der Waals surface area (Å²) < 4.78 is 34.0. The molecule has 0 atom stereocenters. The second-order valence-corrected chi connectivity index (χ2v) is 7.78. The van der Waals surface area contributed by atoms with Crippen LogP contribution >= 0.6 is 0 Å². The summed E-state index contributed by atoms with van der Waals surface area (Å²) >= 11 is 0. The number of hydrogen-bond acceptors (Lipinski definition) is 7. The Hall–Kier alpha value is -2.92. The molecule has 3 N–H and O–H groups in total. The van der Waals surface area contributed by atoms with Crippen molar-refractivity contribution in [2.24, 2.45) is 0 Å². The monoisotopic (exact) mass is 407 g/mol. The lowest BCUT2D eigenvalue weighted by Gasteiger charge is -2.42. The minimum atomic E-state index is -4.28. The number of rotatable bonds is 6. The van der Waals surface area contributed by atoms with Gasteiger partial charge in [0.2, 0.25) is 5.95 Å². The van der Waals surface area contributed by atoms with Crippen LogP contribution in [0, 0.1) is 0 Å². The Morgan fingerprint density at radius 2 is 1.89 bits per heavy atom. The van der Waals surface area contributed by atoms with Gasteiger partial charge in [-0.05, 0) is 36.6 Å². The number of carbonyl (C=O) groups is 1. The molecule has 2 aromatic rings. The highest BCUT2D eigenvalue weighted by Gasteiger charge is 2.40. The van der Waals surface area contributed by atoms with Gasteiger partial charge in [0.25, 0.3) is 0 Å². The van der Waals surface area contributed by atoms with Gasteiger partial charge < -0.3 is 14.7 Å². The molecular formula is C17H21N5O5S. The van der Waals surface area contributed by atoms with E-state index >= 15 is 0 Å². The number of anilines is 1. The second kappa shape index (κ2) is 7.98. The average molecular weight is 407 g/mol. The normalized spacial score (nSPS) is 16.4. The van der Waals surface area contributed by atoms with Crippen molar-refractivity contribution >= 4 is 22.3 Å². The molecular weight excluding hydrogens is 386 g/mol. The van der Waals surface area contributed by atoms with Crippen molar-refractivity contribution < 1.29 is 23.1 Å². The van der Waals surface area contributed by atoms with Crippen LogP contribution in [0.3, 0.4) is 0 Å². The molecule has 28 heavy (non-hydrogen) atoms. The number of carboxylic acid groups (broad SMARTS) is 1. The van der Waals surface area contributed by atoms with E-state index < -0.39 is 21.8 Å². The summed E-state index contributed by atoms with van der Waals surface area (Å²) in [6.45, 7) is 0.966. The van der Waals surface area contributed by atoms with Crippen LogP contribution < -0.4 is 19.1 Å². The third-order valence-corrected chi connectivity index (χ3v) is 5.73. The lowest BCUT2D eigenvalue weighted by atomic mass is 9.82. The molecule has 11 heteroatoms. The van der Waals surface area contributed by atoms with Crippen molar-refractivity contribution in [2.45, 2.75) is 18.4 Å². The third-order valence-electron chi connectivity index (χ3n) is 4.63. The Kier molecular flexibility index (Phi) is 5.66. The zero-order valence-electron chi connectivity index (χ0n) is 15.2. The maximum atomic E-state index is 12.3. The lowest BCUT2D eigenvalue weighted by molar-refractivity contribution is 0.200. The van der Waals surface area contributed by atoms with Gasteiger partial charge in [0.15, 0.2) is 0 Å². The number of methoxy groups -OCH3 is 1. The van der Waals surface area contributed by atoms with E-state index in [0.29, 0.717) is 43.2 Å². The van der Waals surface area contributed by atoms with Gasteiger partial charge in [0.05, 0.1) is 12.6 Å². The predicted molar refractivity (Wildman–Crippen MR) is 101 cm³/mol. The van der Waals surface area contributed by atoms with E-state index in [1.807, 2.05) is 4.90 Å². The summed E-state index contributed by atoms with van der Waals surface area (Å²) in [5.74, 6) is 1.14. The minimum Gasteiger partial charge on any atom is -0.497 e. The first-order chi connectivity index (χ1) is 13.3. The molecule has 1 saturated heterocycles. The molecule has 2 heterocycles. The SMILES string of the molecule is COc1cccc(C2(NS(=O)(=O)NC(=O)O)CCN(c3ncccn3)CC2)c1. The summed E-state index contributed by atoms with van der Waals surface area (Å²) in [5, 5.41) is 8.83. The van der Waals surface area contributed by atoms with Crippen molar-refractivity contribution in [1.82, 2.24) is 19.4 Å². The van der Waals surface area contributed by atoms with Crippen molar-refractivity contribution in [3.8, 4) is 5.75 Å². The van der Waals surface area contributed by atoms with Gasteiger partial charge in [-0.1, -0.05) is 12.1 Å². The van der Waals surface area contributed by atoms with Gasteiger partial charge in [-0.15, -0.1) is 0 Å². The molecule has 0 spiro atoms. The summed E-state index contributed by atoms with van der Waals surface area (Å²) in [4.78, 5) is 21.3.